The molecular formula is C15H20N2O. The molecule has 3 nitrogen and oxygen atoms in total. The van der Waals surface area contributed by atoms with Crippen LogP contribution >= 0.6 is 0 Å². The Hall–Kier alpha value is -1.61. The fourth-order valence-corrected chi connectivity index (χ4v) is 2.22. The molecule has 0 fully saturated rings. The van der Waals surface area contributed by atoms with Crippen LogP contribution < -0.4 is 5.32 Å². The number of aryl methyl sites for hydroxylation is 1. The molecule has 96 valence electrons. The number of furan rings is 1. The summed E-state index contributed by atoms with van der Waals surface area (Å²) in [6.45, 7) is 5.22. The predicted octanol–water partition coefficient (Wildman–Crippen LogP) is 3.13. The van der Waals surface area contributed by atoms with E-state index in [0.717, 1.165) is 25.1 Å². The first kappa shape index (κ1) is 12.8. The van der Waals surface area contributed by atoms with E-state index < -0.39 is 0 Å². The molecule has 0 saturated carbocycles. The Morgan fingerprint density at radius 1 is 1.33 bits per heavy atom. The molecular weight excluding hydrogens is 224 g/mol. The lowest BCUT2D eigenvalue weighted by molar-refractivity contribution is 0.522. The number of nitrogens with one attached hydrogen (secondary N) is 1. The van der Waals surface area contributed by atoms with E-state index >= 15 is 0 Å². The Bertz CT molecular complexity index is 465. The maximum atomic E-state index is 5.14. The quantitative estimate of drug-likeness (QED) is 0.848. The number of pyridine rings is 1. The number of nitrogens with zero attached hydrogens (tertiary/aromatic N) is 1. The van der Waals surface area contributed by atoms with Crippen LogP contribution in [0, 0.1) is 0 Å². The lowest BCUT2D eigenvalue weighted by atomic mass is 10.00. The van der Waals surface area contributed by atoms with Gasteiger partial charge >= 0.3 is 0 Å². The molecule has 2 heterocycles. The molecule has 2 rings (SSSR count). The standard InChI is InChI=1S/C15H20N2O/c1-3-13-6-5-8-17-15(13)14(16-4-2)10-12-7-9-18-11-12/h5-9,11,14,16H,3-4,10H2,1-2H3. The van der Waals surface area contributed by atoms with Crippen molar-refractivity contribution in [3.8, 4) is 0 Å². The summed E-state index contributed by atoms with van der Waals surface area (Å²) in [6.07, 6.45) is 7.31. The fraction of sp³-hybridized carbons (Fsp3) is 0.400. The van der Waals surface area contributed by atoms with Gasteiger partial charge in [0.05, 0.1) is 24.3 Å². The van der Waals surface area contributed by atoms with Crippen LogP contribution in [-0.2, 0) is 12.8 Å². The van der Waals surface area contributed by atoms with Crippen molar-refractivity contribution in [3.63, 3.8) is 0 Å². The van der Waals surface area contributed by atoms with Crippen LogP contribution in [0.3, 0.4) is 0 Å². The average Bonchev–Trinajstić information content (AvgIpc) is 2.91. The van der Waals surface area contributed by atoms with E-state index in [1.807, 2.05) is 18.3 Å². The molecule has 2 aromatic heterocycles. The summed E-state index contributed by atoms with van der Waals surface area (Å²) in [5, 5.41) is 3.51. The van der Waals surface area contributed by atoms with Gasteiger partial charge in [0.15, 0.2) is 0 Å². The minimum Gasteiger partial charge on any atom is -0.472 e. The molecule has 0 aliphatic rings. The third kappa shape index (κ3) is 2.99. The molecule has 0 aliphatic carbocycles. The van der Waals surface area contributed by atoms with Gasteiger partial charge in [-0.1, -0.05) is 19.9 Å². The highest BCUT2D eigenvalue weighted by molar-refractivity contribution is 5.25. The lowest BCUT2D eigenvalue weighted by Gasteiger charge is -2.19. The first-order chi connectivity index (χ1) is 8.85. The highest BCUT2D eigenvalue weighted by Crippen LogP contribution is 2.20. The zero-order valence-electron chi connectivity index (χ0n) is 11.0. The van der Waals surface area contributed by atoms with Crippen LogP contribution in [0.1, 0.15) is 36.7 Å². The average molecular weight is 244 g/mol. The second-order valence-corrected chi connectivity index (χ2v) is 4.35. The van der Waals surface area contributed by atoms with Gasteiger partial charge in [-0.2, -0.15) is 0 Å². The van der Waals surface area contributed by atoms with Gasteiger partial charge in [0.25, 0.3) is 0 Å². The van der Waals surface area contributed by atoms with Crippen molar-refractivity contribution in [2.75, 3.05) is 6.54 Å². The summed E-state index contributed by atoms with van der Waals surface area (Å²) < 4.78 is 5.14. The van der Waals surface area contributed by atoms with Gasteiger partial charge < -0.3 is 9.73 Å². The molecule has 0 saturated heterocycles. The molecule has 1 unspecified atom stereocenters. The van der Waals surface area contributed by atoms with E-state index in [-0.39, 0.29) is 6.04 Å². The van der Waals surface area contributed by atoms with Crippen LogP contribution in [-0.4, -0.2) is 11.5 Å². The summed E-state index contributed by atoms with van der Waals surface area (Å²) in [6, 6.07) is 6.42. The Kier molecular flexibility index (Phi) is 4.53. The third-order valence-electron chi connectivity index (χ3n) is 3.11. The topological polar surface area (TPSA) is 38.1 Å². The first-order valence-corrected chi connectivity index (χ1v) is 6.53. The molecule has 0 amide bonds. The SMILES string of the molecule is CCNC(Cc1ccoc1)c1ncccc1CC. The van der Waals surface area contributed by atoms with Gasteiger partial charge in [-0.3, -0.25) is 4.98 Å². The van der Waals surface area contributed by atoms with Crippen molar-refractivity contribution < 1.29 is 4.42 Å². The molecule has 0 aliphatic heterocycles. The molecule has 0 radical (unpaired) electrons. The van der Waals surface area contributed by atoms with Crippen LogP contribution in [0.4, 0.5) is 0 Å². The Labute approximate surface area is 108 Å². The van der Waals surface area contributed by atoms with E-state index in [1.165, 1.54) is 11.1 Å². The molecule has 18 heavy (non-hydrogen) atoms. The summed E-state index contributed by atoms with van der Waals surface area (Å²) in [4.78, 5) is 4.56. The number of rotatable bonds is 6. The smallest absolute Gasteiger partial charge is 0.0935 e. The second kappa shape index (κ2) is 6.36. The highest BCUT2D eigenvalue weighted by atomic mass is 16.3. The van der Waals surface area contributed by atoms with E-state index in [4.69, 9.17) is 4.42 Å². The molecule has 3 heteroatoms. The third-order valence-corrected chi connectivity index (χ3v) is 3.11. The van der Waals surface area contributed by atoms with Crippen LogP contribution in [0.25, 0.3) is 0 Å². The van der Waals surface area contributed by atoms with Gasteiger partial charge in [0, 0.05) is 6.20 Å². The zero-order chi connectivity index (χ0) is 12.8. The monoisotopic (exact) mass is 244 g/mol. The molecule has 0 bridgehead atoms. The van der Waals surface area contributed by atoms with Crippen LogP contribution in [0.2, 0.25) is 0 Å². The van der Waals surface area contributed by atoms with Gasteiger partial charge in [0.2, 0.25) is 0 Å². The van der Waals surface area contributed by atoms with Gasteiger partial charge in [-0.15, -0.1) is 0 Å². The molecule has 0 aromatic carbocycles. The number of hydrogen-bond acceptors (Lipinski definition) is 3. The van der Waals surface area contributed by atoms with E-state index in [9.17, 15) is 0 Å². The van der Waals surface area contributed by atoms with Crippen molar-refractivity contribution in [2.24, 2.45) is 0 Å². The largest absolute Gasteiger partial charge is 0.472 e. The van der Waals surface area contributed by atoms with Crippen molar-refractivity contribution in [1.29, 1.82) is 0 Å². The van der Waals surface area contributed by atoms with Gasteiger partial charge in [0.1, 0.15) is 0 Å². The van der Waals surface area contributed by atoms with Gasteiger partial charge in [-0.25, -0.2) is 0 Å². The minimum atomic E-state index is 0.253. The summed E-state index contributed by atoms with van der Waals surface area (Å²) in [7, 11) is 0. The Morgan fingerprint density at radius 2 is 2.22 bits per heavy atom. The Morgan fingerprint density at radius 3 is 2.89 bits per heavy atom. The van der Waals surface area contributed by atoms with Crippen molar-refractivity contribution in [3.05, 3.63) is 53.7 Å². The maximum Gasteiger partial charge on any atom is 0.0935 e. The minimum absolute atomic E-state index is 0.253. The van der Waals surface area contributed by atoms with Crippen molar-refractivity contribution >= 4 is 0 Å². The summed E-state index contributed by atoms with van der Waals surface area (Å²) >= 11 is 0. The molecule has 1 N–H and O–H groups in total. The number of likely N-dealkylation sites (N-methyl/N-ethyl adjacent to an activating group) is 1. The maximum absolute atomic E-state index is 5.14. The molecule has 0 spiro atoms. The van der Waals surface area contributed by atoms with Gasteiger partial charge in [-0.05, 0) is 42.6 Å². The van der Waals surface area contributed by atoms with Crippen LogP contribution in [0.15, 0.2) is 41.3 Å². The van der Waals surface area contributed by atoms with E-state index in [2.05, 4.69) is 30.2 Å². The van der Waals surface area contributed by atoms with Crippen LogP contribution in [0.5, 0.6) is 0 Å². The lowest BCUT2D eigenvalue weighted by Crippen LogP contribution is -2.25. The Balaban J connectivity index is 2.23. The number of hydrogen-bond donors (Lipinski definition) is 1. The van der Waals surface area contributed by atoms with E-state index in [1.54, 1.807) is 12.5 Å². The summed E-state index contributed by atoms with van der Waals surface area (Å²) in [5.74, 6) is 0. The second-order valence-electron chi connectivity index (χ2n) is 4.35. The predicted molar refractivity (Wildman–Crippen MR) is 72.4 cm³/mol. The first-order valence-electron chi connectivity index (χ1n) is 6.53. The van der Waals surface area contributed by atoms with E-state index in [0.29, 0.717) is 0 Å². The normalized spacial score (nSPS) is 12.6. The molecule has 1 atom stereocenters. The van der Waals surface area contributed by atoms with Crippen molar-refractivity contribution in [1.82, 2.24) is 10.3 Å². The zero-order valence-corrected chi connectivity index (χ0v) is 11.0. The van der Waals surface area contributed by atoms with Crippen molar-refractivity contribution in [2.45, 2.75) is 32.7 Å². The molecule has 2 aromatic rings. The fourth-order valence-electron chi connectivity index (χ4n) is 2.22. The number of aromatic nitrogens is 1. The highest BCUT2D eigenvalue weighted by Gasteiger charge is 2.16. The summed E-state index contributed by atoms with van der Waals surface area (Å²) in [5.41, 5.74) is 3.67.